The quantitative estimate of drug-likeness (QED) is 0.864. The van der Waals surface area contributed by atoms with Gasteiger partial charge in [-0.2, -0.15) is 0 Å². The summed E-state index contributed by atoms with van der Waals surface area (Å²) in [6.45, 7) is 2.24. The van der Waals surface area contributed by atoms with Crippen LogP contribution in [0.1, 0.15) is 11.3 Å². The summed E-state index contributed by atoms with van der Waals surface area (Å²) in [7, 11) is 1.57. The third-order valence-corrected chi connectivity index (χ3v) is 2.36. The van der Waals surface area contributed by atoms with Crippen molar-refractivity contribution in [2.45, 2.75) is 13.5 Å². The second-order valence-electron chi connectivity index (χ2n) is 3.71. The van der Waals surface area contributed by atoms with Crippen LogP contribution in [0.5, 0.6) is 0 Å². The molecule has 88 valence electrons. The van der Waals surface area contributed by atoms with Crippen molar-refractivity contribution in [2.24, 2.45) is 0 Å². The number of pyridine rings is 1. The Bertz CT molecular complexity index is 578. The van der Waals surface area contributed by atoms with E-state index in [1.807, 2.05) is 13.0 Å². The Balaban J connectivity index is 2.52. The van der Waals surface area contributed by atoms with Gasteiger partial charge in [-0.25, -0.2) is 4.98 Å². The number of hydrogen-bond acceptors (Lipinski definition) is 4. The summed E-state index contributed by atoms with van der Waals surface area (Å²) in [5.41, 5.74) is 2.26. The number of aromatic amines is 1. The van der Waals surface area contributed by atoms with Gasteiger partial charge in [-0.1, -0.05) is 0 Å². The van der Waals surface area contributed by atoms with E-state index in [-0.39, 0.29) is 5.56 Å². The maximum Gasteiger partial charge on any atom is 0.251 e. The van der Waals surface area contributed by atoms with Crippen LogP contribution in [0, 0.1) is 6.92 Å². The van der Waals surface area contributed by atoms with Gasteiger partial charge in [0.1, 0.15) is 5.82 Å². The highest BCUT2D eigenvalue weighted by Gasteiger charge is 2.06. The number of aryl methyl sites for hydroxylation is 1. The van der Waals surface area contributed by atoms with E-state index in [0.717, 1.165) is 11.1 Å². The monoisotopic (exact) mass is 231 g/mol. The molecule has 0 spiro atoms. The van der Waals surface area contributed by atoms with E-state index in [0.29, 0.717) is 18.1 Å². The molecule has 0 atom stereocenters. The van der Waals surface area contributed by atoms with Crippen molar-refractivity contribution >= 4 is 0 Å². The lowest BCUT2D eigenvalue weighted by molar-refractivity contribution is 0.181. The summed E-state index contributed by atoms with van der Waals surface area (Å²) < 4.78 is 4.98. The molecule has 0 radical (unpaired) electrons. The zero-order valence-corrected chi connectivity index (χ0v) is 9.73. The highest BCUT2D eigenvalue weighted by Crippen LogP contribution is 2.17. The molecule has 1 N–H and O–H groups in total. The summed E-state index contributed by atoms with van der Waals surface area (Å²) in [6.07, 6.45) is 3.41. The van der Waals surface area contributed by atoms with E-state index in [9.17, 15) is 4.79 Å². The van der Waals surface area contributed by atoms with Crippen molar-refractivity contribution < 1.29 is 4.74 Å². The summed E-state index contributed by atoms with van der Waals surface area (Å²) in [6, 6.07) is 3.26. The number of aromatic nitrogens is 3. The van der Waals surface area contributed by atoms with Crippen LogP contribution >= 0.6 is 0 Å². The SMILES string of the molecule is COCc1cc(=O)[nH]c(-c2ccncc2C)n1. The Morgan fingerprint density at radius 3 is 3.00 bits per heavy atom. The maximum atomic E-state index is 11.5. The van der Waals surface area contributed by atoms with Gasteiger partial charge >= 0.3 is 0 Å². The van der Waals surface area contributed by atoms with Gasteiger partial charge in [-0.05, 0) is 18.6 Å². The van der Waals surface area contributed by atoms with Crippen LogP contribution in [-0.4, -0.2) is 22.1 Å². The zero-order valence-electron chi connectivity index (χ0n) is 9.73. The van der Waals surface area contributed by atoms with Gasteiger partial charge in [0.25, 0.3) is 5.56 Å². The number of rotatable bonds is 3. The molecule has 0 amide bonds. The van der Waals surface area contributed by atoms with Crippen LogP contribution in [0.25, 0.3) is 11.4 Å². The van der Waals surface area contributed by atoms with Crippen LogP contribution in [-0.2, 0) is 11.3 Å². The minimum absolute atomic E-state index is 0.182. The van der Waals surface area contributed by atoms with Crippen LogP contribution in [0.3, 0.4) is 0 Å². The van der Waals surface area contributed by atoms with Crippen LogP contribution in [0.2, 0.25) is 0 Å². The molecule has 0 aromatic carbocycles. The number of hydrogen-bond donors (Lipinski definition) is 1. The molecule has 0 fully saturated rings. The van der Waals surface area contributed by atoms with Crippen molar-refractivity contribution in [3.63, 3.8) is 0 Å². The van der Waals surface area contributed by atoms with E-state index in [2.05, 4.69) is 15.0 Å². The molecular formula is C12H13N3O2. The number of nitrogens with one attached hydrogen (secondary N) is 1. The average molecular weight is 231 g/mol. The molecule has 0 aliphatic heterocycles. The van der Waals surface area contributed by atoms with E-state index in [1.54, 1.807) is 19.5 Å². The van der Waals surface area contributed by atoms with Gasteiger partial charge in [0.2, 0.25) is 0 Å². The predicted octanol–water partition coefficient (Wildman–Crippen LogP) is 1.29. The average Bonchev–Trinajstić information content (AvgIpc) is 2.29. The number of H-pyrrole nitrogens is 1. The standard InChI is InChI=1S/C12H13N3O2/c1-8-6-13-4-3-10(8)12-14-9(7-17-2)5-11(16)15-12/h3-6H,7H2,1-2H3,(H,14,15,16). The number of nitrogens with zero attached hydrogens (tertiary/aromatic N) is 2. The Labute approximate surface area is 98.5 Å². The Kier molecular flexibility index (Phi) is 3.30. The maximum absolute atomic E-state index is 11.5. The minimum atomic E-state index is -0.182. The molecule has 0 aliphatic rings. The first-order valence-electron chi connectivity index (χ1n) is 5.21. The topological polar surface area (TPSA) is 67.9 Å². The van der Waals surface area contributed by atoms with Crippen molar-refractivity contribution in [2.75, 3.05) is 7.11 Å². The van der Waals surface area contributed by atoms with Gasteiger partial charge < -0.3 is 9.72 Å². The van der Waals surface area contributed by atoms with E-state index < -0.39 is 0 Å². The number of methoxy groups -OCH3 is 1. The lowest BCUT2D eigenvalue weighted by atomic mass is 10.1. The summed E-state index contributed by atoms with van der Waals surface area (Å²) in [5, 5.41) is 0. The van der Waals surface area contributed by atoms with Crippen molar-refractivity contribution in [1.29, 1.82) is 0 Å². The molecule has 0 aliphatic carbocycles. The fraction of sp³-hybridized carbons (Fsp3) is 0.250. The second kappa shape index (κ2) is 4.88. The van der Waals surface area contributed by atoms with Crippen molar-refractivity contribution in [3.8, 4) is 11.4 Å². The molecule has 0 saturated heterocycles. The molecule has 2 heterocycles. The second-order valence-corrected chi connectivity index (χ2v) is 3.71. The van der Waals surface area contributed by atoms with Gasteiger partial charge in [-0.3, -0.25) is 9.78 Å². The third kappa shape index (κ3) is 2.57. The smallest absolute Gasteiger partial charge is 0.251 e. The first kappa shape index (κ1) is 11.5. The molecule has 5 heteroatoms. The number of ether oxygens (including phenoxy) is 1. The van der Waals surface area contributed by atoms with Crippen LogP contribution in [0.15, 0.2) is 29.3 Å². The van der Waals surface area contributed by atoms with Crippen LogP contribution in [0.4, 0.5) is 0 Å². The Hall–Kier alpha value is -2.01. The first-order valence-corrected chi connectivity index (χ1v) is 5.21. The van der Waals surface area contributed by atoms with Gasteiger partial charge in [0.15, 0.2) is 0 Å². The van der Waals surface area contributed by atoms with E-state index in [1.165, 1.54) is 6.07 Å². The highest BCUT2D eigenvalue weighted by molar-refractivity contribution is 5.58. The molecule has 17 heavy (non-hydrogen) atoms. The Morgan fingerprint density at radius 2 is 2.29 bits per heavy atom. The fourth-order valence-electron chi connectivity index (χ4n) is 1.60. The Morgan fingerprint density at radius 1 is 1.47 bits per heavy atom. The molecule has 0 unspecified atom stereocenters. The lowest BCUT2D eigenvalue weighted by Crippen LogP contribution is -2.11. The van der Waals surface area contributed by atoms with E-state index in [4.69, 9.17) is 4.74 Å². The first-order chi connectivity index (χ1) is 8.20. The predicted molar refractivity (Wildman–Crippen MR) is 63.5 cm³/mol. The van der Waals surface area contributed by atoms with Crippen molar-refractivity contribution in [1.82, 2.24) is 15.0 Å². The third-order valence-electron chi connectivity index (χ3n) is 2.36. The summed E-state index contributed by atoms with van der Waals surface area (Å²) >= 11 is 0. The lowest BCUT2D eigenvalue weighted by Gasteiger charge is -2.05. The fourth-order valence-corrected chi connectivity index (χ4v) is 1.60. The largest absolute Gasteiger partial charge is 0.378 e. The molecular weight excluding hydrogens is 218 g/mol. The molecule has 5 nitrogen and oxygen atoms in total. The highest BCUT2D eigenvalue weighted by atomic mass is 16.5. The zero-order chi connectivity index (χ0) is 12.3. The van der Waals surface area contributed by atoms with Gasteiger partial charge in [-0.15, -0.1) is 0 Å². The summed E-state index contributed by atoms with van der Waals surface area (Å²) in [5.74, 6) is 0.546. The van der Waals surface area contributed by atoms with Crippen LogP contribution < -0.4 is 5.56 Å². The molecule has 2 aromatic heterocycles. The molecule has 2 aromatic rings. The summed E-state index contributed by atoms with van der Waals surface area (Å²) in [4.78, 5) is 22.6. The molecule has 2 rings (SSSR count). The van der Waals surface area contributed by atoms with Gasteiger partial charge in [0.05, 0.1) is 12.3 Å². The molecule has 0 bridgehead atoms. The molecule has 0 saturated carbocycles. The minimum Gasteiger partial charge on any atom is -0.378 e. The van der Waals surface area contributed by atoms with Gasteiger partial charge in [0, 0.05) is 31.1 Å². The van der Waals surface area contributed by atoms with Crippen molar-refractivity contribution in [3.05, 3.63) is 46.1 Å². The van der Waals surface area contributed by atoms with E-state index >= 15 is 0 Å². The normalized spacial score (nSPS) is 10.5.